The molecule has 0 spiro atoms. The summed E-state index contributed by atoms with van der Waals surface area (Å²) in [6.07, 6.45) is 1.21. The highest BCUT2D eigenvalue weighted by molar-refractivity contribution is 6.29. The molecule has 7 nitrogen and oxygen atoms in total. The maximum atomic E-state index is 11.2. The van der Waals surface area contributed by atoms with Crippen LogP contribution in [0.3, 0.4) is 0 Å². The third-order valence-electron chi connectivity index (χ3n) is 3.88. The predicted molar refractivity (Wildman–Crippen MR) is 96.1 cm³/mol. The van der Waals surface area contributed by atoms with Crippen LogP contribution >= 0.6 is 0 Å². The summed E-state index contributed by atoms with van der Waals surface area (Å²) in [6.45, 7) is 0.589. The topological polar surface area (TPSA) is 101 Å². The molecule has 26 heavy (non-hydrogen) atoms. The minimum absolute atomic E-state index is 0.0958. The van der Waals surface area contributed by atoms with Crippen molar-refractivity contribution in [2.45, 2.75) is 12.6 Å². The van der Waals surface area contributed by atoms with Gasteiger partial charge in [0.05, 0.1) is 18.3 Å². The third-order valence-corrected chi connectivity index (χ3v) is 3.88. The number of nitrogens with zero attached hydrogens (tertiary/aromatic N) is 1. The number of benzene rings is 2. The van der Waals surface area contributed by atoms with E-state index in [0.717, 1.165) is 10.9 Å². The maximum Gasteiger partial charge on any atom is 0.422 e. The lowest BCUT2D eigenvalue weighted by atomic mass is 10.2. The first-order valence-corrected chi connectivity index (χ1v) is 8.04. The standard InChI is InChI=1S/C19H18N2O5/c22-14(12-21-10-9-13-5-1-3-7-16(13)21)11-20-15-6-2-4-8-17(15)26-19(25)18(23)24/h1-10,14,20,22H,11-12H2,(H,23,24). The number of carboxylic acid groups (broad SMARTS) is 1. The molecule has 0 saturated heterocycles. The lowest BCUT2D eigenvalue weighted by molar-refractivity contribution is -0.158. The first-order valence-electron chi connectivity index (χ1n) is 8.04. The second kappa shape index (κ2) is 7.71. The van der Waals surface area contributed by atoms with E-state index in [1.165, 1.54) is 6.07 Å². The molecule has 0 fully saturated rings. The molecule has 3 aromatic rings. The number of nitrogens with one attached hydrogen (secondary N) is 1. The number of aromatic nitrogens is 1. The SMILES string of the molecule is O=C(O)C(=O)Oc1ccccc1NCC(O)Cn1ccc2ccccc21. The van der Waals surface area contributed by atoms with Crippen molar-refractivity contribution in [3.63, 3.8) is 0 Å². The van der Waals surface area contributed by atoms with Gasteiger partial charge in [-0.25, -0.2) is 9.59 Å². The summed E-state index contributed by atoms with van der Waals surface area (Å²) in [5, 5.41) is 23.0. The van der Waals surface area contributed by atoms with Gasteiger partial charge >= 0.3 is 11.9 Å². The van der Waals surface area contributed by atoms with E-state index < -0.39 is 18.0 Å². The maximum absolute atomic E-state index is 11.2. The Morgan fingerprint density at radius 1 is 1.08 bits per heavy atom. The van der Waals surface area contributed by atoms with Crippen LogP contribution in [-0.4, -0.2) is 39.4 Å². The summed E-state index contributed by atoms with van der Waals surface area (Å²) in [4.78, 5) is 21.9. The number of carbonyl (C=O) groups excluding carboxylic acids is 1. The molecular weight excluding hydrogens is 336 g/mol. The Bertz CT molecular complexity index is 934. The number of para-hydroxylation sites is 3. The van der Waals surface area contributed by atoms with Gasteiger partial charge in [0.2, 0.25) is 0 Å². The number of anilines is 1. The molecule has 1 aromatic heterocycles. The van der Waals surface area contributed by atoms with Crippen LogP contribution in [0.15, 0.2) is 60.8 Å². The van der Waals surface area contributed by atoms with Gasteiger partial charge < -0.3 is 24.8 Å². The number of rotatable bonds is 6. The van der Waals surface area contributed by atoms with E-state index in [9.17, 15) is 14.7 Å². The second-order valence-electron chi connectivity index (χ2n) is 5.75. The molecule has 0 aliphatic heterocycles. The summed E-state index contributed by atoms with van der Waals surface area (Å²) in [5.74, 6) is -2.93. The highest BCUT2D eigenvalue weighted by Crippen LogP contribution is 2.24. The highest BCUT2D eigenvalue weighted by Gasteiger charge is 2.16. The van der Waals surface area contributed by atoms with Gasteiger partial charge in [-0.15, -0.1) is 0 Å². The van der Waals surface area contributed by atoms with Crippen LogP contribution in [0.25, 0.3) is 10.9 Å². The molecule has 1 atom stereocenters. The molecule has 0 bridgehead atoms. The van der Waals surface area contributed by atoms with E-state index in [1.807, 2.05) is 41.1 Å². The lowest BCUT2D eigenvalue weighted by Crippen LogP contribution is -2.25. The molecule has 3 rings (SSSR count). The highest BCUT2D eigenvalue weighted by atomic mass is 16.6. The summed E-state index contributed by atoms with van der Waals surface area (Å²) in [6, 6.07) is 16.3. The van der Waals surface area contributed by atoms with E-state index in [2.05, 4.69) is 5.32 Å². The predicted octanol–water partition coefficient (Wildman–Crippen LogP) is 2.10. The Morgan fingerprint density at radius 2 is 1.81 bits per heavy atom. The Balaban J connectivity index is 1.63. The molecule has 1 heterocycles. The van der Waals surface area contributed by atoms with E-state index in [-0.39, 0.29) is 12.3 Å². The van der Waals surface area contributed by atoms with Crippen molar-refractivity contribution in [1.29, 1.82) is 0 Å². The van der Waals surface area contributed by atoms with E-state index in [4.69, 9.17) is 9.84 Å². The molecule has 0 saturated carbocycles. The zero-order valence-corrected chi connectivity index (χ0v) is 13.8. The number of esters is 1. The minimum Gasteiger partial charge on any atom is -0.473 e. The largest absolute Gasteiger partial charge is 0.473 e. The quantitative estimate of drug-likeness (QED) is 0.356. The number of hydrogen-bond acceptors (Lipinski definition) is 5. The van der Waals surface area contributed by atoms with Crippen molar-refractivity contribution in [3.05, 3.63) is 60.8 Å². The first-order chi connectivity index (χ1) is 12.5. The van der Waals surface area contributed by atoms with Crippen molar-refractivity contribution in [2.75, 3.05) is 11.9 Å². The molecule has 0 amide bonds. The Morgan fingerprint density at radius 3 is 2.62 bits per heavy atom. The summed E-state index contributed by atoms with van der Waals surface area (Å²) in [7, 11) is 0. The van der Waals surface area contributed by atoms with E-state index in [1.54, 1.807) is 18.2 Å². The Kier molecular flexibility index (Phi) is 5.19. The van der Waals surface area contributed by atoms with Crippen LogP contribution < -0.4 is 10.1 Å². The summed E-state index contributed by atoms with van der Waals surface area (Å²) < 4.78 is 6.77. The van der Waals surface area contributed by atoms with Crippen LogP contribution in [0.4, 0.5) is 5.69 Å². The fourth-order valence-corrected chi connectivity index (χ4v) is 2.66. The van der Waals surface area contributed by atoms with E-state index in [0.29, 0.717) is 12.2 Å². The molecule has 0 aliphatic rings. The molecule has 0 aliphatic carbocycles. The van der Waals surface area contributed by atoms with Crippen molar-refractivity contribution < 1.29 is 24.5 Å². The number of carboxylic acids is 1. The number of aliphatic carboxylic acids is 1. The smallest absolute Gasteiger partial charge is 0.422 e. The van der Waals surface area contributed by atoms with Gasteiger partial charge in [-0.1, -0.05) is 30.3 Å². The van der Waals surface area contributed by atoms with E-state index >= 15 is 0 Å². The minimum atomic E-state index is -1.67. The van der Waals surface area contributed by atoms with Crippen LogP contribution in [0, 0.1) is 0 Å². The summed E-state index contributed by atoms with van der Waals surface area (Å²) in [5.41, 5.74) is 1.46. The van der Waals surface area contributed by atoms with Gasteiger partial charge in [-0.2, -0.15) is 0 Å². The number of hydrogen-bond donors (Lipinski definition) is 3. The average Bonchev–Trinajstić information content (AvgIpc) is 3.04. The third kappa shape index (κ3) is 4.01. The van der Waals surface area contributed by atoms with Crippen LogP contribution in [0.5, 0.6) is 5.75 Å². The monoisotopic (exact) mass is 354 g/mol. The molecule has 134 valence electrons. The Labute approximate surface area is 149 Å². The Hall–Kier alpha value is -3.32. The number of carbonyl (C=O) groups is 2. The normalized spacial score (nSPS) is 11.9. The van der Waals surface area contributed by atoms with Crippen LogP contribution in [0.1, 0.15) is 0 Å². The lowest BCUT2D eigenvalue weighted by Gasteiger charge is -2.16. The van der Waals surface area contributed by atoms with Crippen LogP contribution in [0.2, 0.25) is 0 Å². The van der Waals surface area contributed by atoms with Crippen LogP contribution in [-0.2, 0) is 16.1 Å². The molecule has 3 N–H and O–H groups in total. The van der Waals surface area contributed by atoms with Gasteiger partial charge in [0.25, 0.3) is 0 Å². The molecule has 7 heteroatoms. The average molecular weight is 354 g/mol. The van der Waals surface area contributed by atoms with Gasteiger partial charge in [0.15, 0.2) is 5.75 Å². The van der Waals surface area contributed by atoms with Crippen molar-refractivity contribution in [1.82, 2.24) is 4.57 Å². The number of aliphatic hydroxyl groups is 1. The molecular formula is C19H18N2O5. The van der Waals surface area contributed by atoms with Gasteiger partial charge in [0, 0.05) is 18.3 Å². The second-order valence-corrected chi connectivity index (χ2v) is 5.75. The van der Waals surface area contributed by atoms with Crippen molar-refractivity contribution in [2.24, 2.45) is 0 Å². The van der Waals surface area contributed by atoms with Gasteiger partial charge in [-0.05, 0) is 29.7 Å². The fraction of sp³-hybridized carbons (Fsp3) is 0.158. The van der Waals surface area contributed by atoms with Crippen molar-refractivity contribution in [3.8, 4) is 5.75 Å². The molecule has 2 aromatic carbocycles. The first kappa shape index (κ1) is 17.5. The zero-order valence-electron chi connectivity index (χ0n) is 13.8. The molecule has 1 unspecified atom stereocenters. The van der Waals surface area contributed by atoms with Gasteiger partial charge in [0.1, 0.15) is 0 Å². The zero-order chi connectivity index (χ0) is 18.5. The van der Waals surface area contributed by atoms with Gasteiger partial charge in [-0.3, -0.25) is 0 Å². The fourth-order valence-electron chi connectivity index (χ4n) is 2.66. The summed E-state index contributed by atoms with van der Waals surface area (Å²) >= 11 is 0. The number of fused-ring (bicyclic) bond motifs is 1. The number of ether oxygens (including phenoxy) is 1. The number of aliphatic hydroxyl groups excluding tert-OH is 1. The molecule has 0 radical (unpaired) electrons. The van der Waals surface area contributed by atoms with Crippen molar-refractivity contribution >= 4 is 28.5 Å².